The lowest BCUT2D eigenvalue weighted by molar-refractivity contribution is -0.127. The molecule has 0 aliphatic carbocycles. The van der Waals surface area contributed by atoms with Crippen molar-refractivity contribution >= 4 is 22.8 Å². The van der Waals surface area contributed by atoms with Gasteiger partial charge in [0.25, 0.3) is 0 Å². The minimum atomic E-state index is -0.256. The molecule has 1 aromatic carbocycles. The molecule has 0 aliphatic heterocycles. The molecule has 1 heterocycles. The molecule has 26 heavy (non-hydrogen) atoms. The lowest BCUT2D eigenvalue weighted by Crippen LogP contribution is -2.40. The third-order valence-corrected chi connectivity index (χ3v) is 3.85. The molecule has 7 heteroatoms. The number of rotatable bonds is 7. The summed E-state index contributed by atoms with van der Waals surface area (Å²) in [6.07, 6.45) is 2.63. The van der Waals surface area contributed by atoms with E-state index in [0.717, 1.165) is 28.5 Å². The number of fused-ring (bicyclic) bond motifs is 1. The summed E-state index contributed by atoms with van der Waals surface area (Å²) in [5.41, 5.74) is 2.85. The van der Waals surface area contributed by atoms with Crippen LogP contribution >= 0.6 is 0 Å². The second-order valence-corrected chi connectivity index (χ2v) is 6.44. The Bertz CT molecular complexity index is 809. The molecule has 0 spiro atoms. The van der Waals surface area contributed by atoms with Crippen molar-refractivity contribution in [3.8, 4) is 0 Å². The zero-order valence-electron chi connectivity index (χ0n) is 15.5. The molecule has 140 valence electrons. The van der Waals surface area contributed by atoms with Crippen LogP contribution in [0.4, 0.5) is 4.39 Å². The number of amides is 1. The zero-order valence-corrected chi connectivity index (χ0v) is 15.5. The smallest absolute Gasteiger partial charge is 0.243 e. The van der Waals surface area contributed by atoms with Gasteiger partial charge in [0, 0.05) is 44.3 Å². The van der Waals surface area contributed by atoms with E-state index in [-0.39, 0.29) is 18.3 Å². The van der Waals surface area contributed by atoms with Gasteiger partial charge in [-0.05, 0) is 37.1 Å². The number of carbonyl (C=O) groups is 1. The summed E-state index contributed by atoms with van der Waals surface area (Å²) in [6, 6.07) is 4.72. The van der Waals surface area contributed by atoms with Crippen LogP contribution in [0.5, 0.6) is 0 Å². The molecule has 0 aliphatic rings. The van der Waals surface area contributed by atoms with Gasteiger partial charge in [-0.25, -0.2) is 9.38 Å². The van der Waals surface area contributed by atoms with Crippen molar-refractivity contribution in [1.82, 2.24) is 20.5 Å². The number of aliphatic imine (C=N–C) groups is 1. The molecule has 2 aromatic rings. The van der Waals surface area contributed by atoms with Gasteiger partial charge >= 0.3 is 0 Å². The van der Waals surface area contributed by atoms with Crippen LogP contribution in [0.15, 0.2) is 41.5 Å². The molecule has 1 aromatic heterocycles. The van der Waals surface area contributed by atoms with E-state index in [1.54, 1.807) is 20.2 Å². The summed E-state index contributed by atoms with van der Waals surface area (Å²) in [7, 11) is 3.40. The molecule has 0 unspecified atom stereocenters. The molecular formula is C19H26FN5O. The Labute approximate surface area is 153 Å². The second kappa shape index (κ2) is 9.03. The SMILES string of the molecule is C=C(C)CNC(=NCC(=O)N(C)C)NCCc1c[nH]c2cc(F)ccc12. The van der Waals surface area contributed by atoms with Crippen molar-refractivity contribution in [3.63, 3.8) is 0 Å². The number of carbonyl (C=O) groups excluding carboxylic acids is 1. The summed E-state index contributed by atoms with van der Waals surface area (Å²) in [5, 5.41) is 7.38. The van der Waals surface area contributed by atoms with E-state index in [9.17, 15) is 9.18 Å². The van der Waals surface area contributed by atoms with Crippen molar-refractivity contribution in [2.75, 3.05) is 33.7 Å². The highest BCUT2D eigenvalue weighted by atomic mass is 19.1. The first kappa shape index (κ1) is 19.5. The first-order valence-electron chi connectivity index (χ1n) is 8.49. The van der Waals surface area contributed by atoms with Gasteiger partial charge in [-0.3, -0.25) is 4.79 Å². The maximum absolute atomic E-state index is 13.3. The summed E-state index contributed by atoms with van der Waals surface area (Å²) < 4.78 is 13.3. The summed E-state index contributed by atoms with van der Waals surface area (Å²) in [4.78, 5) is 20.6. The molecule has 1 amide bonds. The largest absolute Gasteiger partial charge is 0.361 e. The molecule has 0 saturated heterocycles. The van der Waals surface area contributed by atoms with Crippen LogP contribution in [0, 0.1) is 5.82 Å². The minimum absolute atomic E-state index is 0.0694. The van der Waals surface area contributed by atoms with Gasteiger partial charge in [0.1, 0.15) is 12.4 Å². The lowest BCUT2D eigenvalue weighted by Gasteiger charge is -2.13. The molecule has 0 bridgehead atoms. The van der Waals surface area contributed by atoms with Gasteiger partial charge in [0.15, 0.2) is 5.96 Å². The number of hydrogen-bond donors (Lipinski definition) is 3. The molecule has 6 nitrogen and oxygen atoms in total. The first-order chi connectivity index (χ1) is 12.4. The number of nitrogens with zero attached hydrogens (tertiary/aromatic N) is 2. The van der Waals surface area contributed by atoms with Crippen LogP contribution < -0.4 is 10.6 Å². The Kier molecular flexibility index (Phi) is 6.77. The van der Waals surface area contributed by atoms with Crippen molar-refractivity contribution in [1.29, 1.82) is 0 Å². The van der Waals surface area contributed by atoms with Crippen LogP contribution in [-0.2, 0) is 11.2 Å². The van der Waals surface area contributed by atoms with Gasteiger partial charge in [-0.2, -0.15) is 0 Å². The van der Waals surface area contributed by atoms with Crippen molar-refractivity contribution in [3.05, 3.63) is 47.9 Å². The predicted octanol–water partition coefficient (Wildman–Crippen LogP) is 2.05. The number of hydrogen-bond acceptors (Lipinski definition) is 2. The number of aromatic nitrogens is 1. The number of H-pyrrole nitrogens is 1. The van der Waals surface area contributed by atoms with Gasteiger partial charge in [-0.1, -0.05) is 12.2 Å². The van der Waals surface area contributed by atoms with Crippen LogP contribution in [0.1, 0.15) is 12.5 Å². The van der Waals surface area contributed by atoms with Crippen LogP contribution in [-0.4, -0.2) is 55.5 Å². The van der Waals surface area contributed by atoms with Crippen LogP contribution in [0.3, 0.4) is 0 Å². The van der Waals surface area contributed by atoms with Crippen molar-refractivity contribution in [2.24, 2.45) is 4.99 Å². The second-order valence-electron chi connectivity index (χ2n) is 6.44. The van der Waals surface area contributed by atoms with E-state index < -0.39 is 0 Å². The summed E-state index contributed by atoms with van der Waals surface area (Å²) in [6.45, 7) is 7.05. The maximum atomic E-state index is 13.3. The van der Waals surface area contributed by atoms with Crippen molar-refractivity contribution < 1.29 is 9.18 Å². The fraction of sp³-hybridized carbons (Fsp3) is 0.368. The maximum Gasteiger partial charge on any atom is 0.243 e. The Morgan fingerprint density at radius 3 is 2.81 bits per heavy atom. The minimum Gasteiger partial charge on any atom is -0.361 e. The first-order valence-corrected chi connectivity index (χ1v) is 8.49. The van der Waals surface area contributed by atoms with Gasteiger partial charge in [-0.15, -0.1) is 0 Å². The molecular weight excluding hydrogens is 333 g/mol. The number of benzene rings is 1. The monoisotopic (exact) mass is 359 g/mol. The molecule has 0 radical (unpaired) electrons. The fourth-order valence-electron chi connectivity index (χ4n) is 2.38. The number of guanidine groups is 1. The zero-order chi connectivity index (χ0) is 19.1. The van der Waals surface area contributed by atoms with E-state index in [1.165, 1.54) is 17.0 Å². The standard InChI is InChI=1S/C19H26FN5O/c1-13(2)10-23-19(24-12-18(26)25(3)4)21-8-7-14-11-22-17-9-15(20)5-6-16(14)17/h5-6,9,11,22H,1,7-8,10,12H2,2-4H3,(H2,21,23,24). The number of nitrogens with one attached hydrogen (secondary N) is 3. The van der Waals surface area contributed by atoms with E-state index in [4.69, 9.17) is 0 Å². The Morgan fingerprint density at radius 2 is 2.12 bits per heavy atom. The molecule has 2 rings (SSSR count). The highest BCUT2D eigenvalue weighted by Crippen LogP contribution is 2.19. The molecule has 3 N–H and O–H groups in total. The van der Waals surface area contributed by atoms with Crippen LogP contribution in [0.2, 0.25) is 0 Å². The topological polar surface area (TPSA) is 72.5 Å². The average molecular weight is 359 g/mol. The average Bonchev–Trinajstić information content (AvgIpc) is 2.98. The highest BCUT2D eigenvalue weighted by molar-refractivity contribution is 5.85. The van der Waals surface area contributed by atoms with Gasteiger partial charge < -0.3 is 20.5 Å². The third-order valence-electron chi connectivity index (χ3n) is 3.85. The van der Waals surface area contributed by atoms with E-state index >= 15 is 0 Å². The van der Waals surface area contributed by atoms with E-state index in [2.05, 4.69) is 27.2 Å². The Morgan fingerprint density at radius 1 is 1.35 bits per heavy atom. The van der Waals surface area contributed by atoms with E-state index in [0.29, 0.717) is 19.0 Å². The third kappa shape index (κ3) is 5.61. The quantitative estimate of drug-likeness (QED) is 0.402. The summed E-state index contributed by atoms with van der Waals surface area (Å²) in [5.74, 6) is 0.238. The van der Waals surface area contributed by atoms with Crippen molar-refractivity contribution in [2.45, 2.75) is 13.3 Å². The predicted molar refractivity (Wildman–Crippen MR) is 104 cm³/mol. The fourth-order valence-corrected chi connectivity index (χ4v) is 2.38. The Balaban J connectivity index is 1.97. The number of halogens is 1. The van der Waals surface area contributed by atoms with E-state index in [1.807, 2.05) is 13.1 Å². The van der Waals surface area contributed by atoms with Gasteiger partial charge in [0.05, 0.1) is 0 Å². The molecule has 0 fully saturated rings. The van der Waals surface area contributed by atoms with Gasteiger partial charge in [0.2, 0.25) is 5.91 Å². The molecule has 0 atom stereocenters. The number of likely N-dealkylation sites (N-methyl/N-ethyl adjacent to an activating group) is 1. The lowest BCUT2D eigenvalue weighted by atomic mass is 10.1. The Hall–Kier alpha value is -2.83. The molecule has 0 saturated carbocycles. The normalized spacial score (nSPS) is 11.5. The number of aromatic amines is 1. The highest BCUT2D eigenvalue weighted by Gasteiger charge is 2.07. The summed E-state index contributed by atoms with van der Waals surface area (Å²) >= 11 is 0. The van der Waals surface area contributed by atoms with Crippen LogP contribution in [0.25, 0.3) is 10.9 Å².